The Morgan fingerprint density at radius 2 is 1.89 bits per heavy atom. The van der Waals surface area contributed by atoms with E-state index < -0.39 is 0 Å². The topological polar surface area (TPSA) is 73.8 Å². The van der Waals surface area contributed by atoms with Crippen molar-refractivity contribution in [2.75, 3.05) is 5.73 Å². The van der Waals surface area contributed by atoms with Crippen LogP contribution in [0.1, 0.15) is 16.7 Å². The normalized spacial score (nSPS) is 11.1. The fourth-order valence-electron chi connectivity index (χ4n) is 3.13. The Bertz CT molecular complexity index is 1230. The summed E-state index contributed by atoms with van der Waals surface area (Å²) in [6.45, 7) is 4.08. The van der Waals surface area contributed by atoms with E-state index in [-0.39, 0.29) is 5.56 Å². The van der Waals surface area contributed by atoms with Crippen LogP contribution in [0.4, 0.5) is 5.82 Å². The lowest BCUT2D eigenvalue weighted by Gasteiger charge is -2.16. The highest BCUT2D eigenvalue weighted by atomic mass is 32.2. The molecule has 140 valence electrons. The van der Waals surface area contributed by atoms with E-state index in [1.165, 1.54) is 11.8 Å². The Morgan fingerprint density at radius 3 is 2.71 bits per heavy atom. The van der Waals surface area contributed by atoms with Crippen molar-refractivity contribution in [1.29, 1.82) is 0 Å². The molecule has 2 N–H and O–H groups in total. The van der Waals surface area contributed by atoms with Gasteiger partial charge in [0.05, 0.1) is 16.6 Å². The fraction of sp³-hybridized carbons (Fsp3) is 0.136. The molecule has 0 saturated heterocycles. The summed E-state index contributed by atoms with van der Waals surface area (Å²) in [5.41, 5.74) is 10.5. The van der Waals surface area contributed by atoms with Gasteiger partial charge in [0.15, 0.2) is 5.16 Å². The Balaban J connectivity index is 1.88. The first-order valence-electron chi connectivity index (χ1n) is 8.96. The van der Waals surface area contributed by atoms with Crippen molar-refractivity contribution in [2.45, 2.75) is 24.8 Å². The van der Waals surface area contributed by atoms with Crippen molar-refractivity contribution < 1.29 is 0 Å². The maximum Gasteiger partial charge on any atom is 0.266 e. The van der Waals surface area contributed by atoms with Crippen LogP contribution >= 0.6 is 11.8 Å². The number of rotatable bonds is 4. The van der Waals surface area contributed by atoms with Crippen molar-refractivity contribution in [3.63, 3.8) is 0 Å². The van der Waals surface area contributed by atoms with E-state index in [4.69, 9.17) is 10.7 Å². The summed E-state index contributed by atoms with van der Waals surface area (Å²) in [5, 5.41) is 1.27. The third kappa shape index (κ3) is 3.39. The molecule has 0 fully saturated rings. The van der Waals surface area contributed by atoms with Crippen LogP contribution in [0.15, 0.2) is 70.7 Å². The molecule has 0 aliphatic carbocycles. The molecule has 28 heavy (non-hydrogen) atoms. The van der Waals surface area contributed by atoms with Gasteiger partial charge in [-0.25, -0.2) is 9.97 Å². The first-order chi connectivity index (χ1) is 13.5. The maximum absolute atomic E-state index is 13.4. The minimum atomic E-state index is -0.0592. The number of hydrogen-bond donors (Lipinski definition) is 1. The van der Waals surface area contributed by atoms with Crippen LogP contribution in [-0.2, 0) is 5.75 Å². The van der Waals surface area contributed by atoms with E-state index in [1.807, 2.05) is 68.4 Å². The van der Waals surface area contributed by atoms with E-state index in [9.17, 15) is 4.79 Å². The van der Waals surface area contributed by atoms with Crippen molar-refractivity contribution in [1.82, 2.24) is 14.5 Å². The van der Waals surface area contributed by atoms with Crippen LogP contribution in [0.5, 0.6) is 0 Å². The van der Waals surface area contributed by atoms with Crippen LogP contribution in [0, 0.1) is 13.8 Å². The molecule has 2 aromatic carbocycles. The lowest BCUT2D eigenvalue weighted by molar-refractivity contribution is 0.813. The first-order valence-corrected chi connectivity index (χ1v) is 9.95. The predicted octanol–water partition coefficient (Wildman–Crippen LogP) is 4.27. The zero-order chi connectivity index (χ0) is 19.7. The number of aromatic nitrogens is 3. The summed E-state index contributed by atoms with van der Waals surface area (Å²) in [6, 6.07) is 17.2. The molecule has 5 nitrogen and oxygen atoms in total. The molecule has 0 spiro atoms. The van der Waals surface area contributed by atoms with E-state index in [0.717, 1.165) is 22.4 Å². The Labute approximate surface area is 167 Å². The highest BCUT2D eigenvalue weighted by Gasteiger charge is 2.15. The smallest absolute Gasteiger partial charge is 0.266 e. The number of benzene rings is 2. The number of nitrogens with two attached hydrogens (primary N) is 1. The Hall–Kier alpha value is -3.12. The van der Waals surface area contributed by atoms with E-state index in [2.05, 4.69) is 4.98 Å². The lowest BCUT2D eigenvalue weighted by Crippen LogP contribution is -2.22. The largest absolute Gasteiger partial charge is 0.384 e. The van der Waals surface area contributed by atoms with E-state index >= 15 is 0 Å². The highest BCUT2D eigenvalue weighted by Crippen LogP contribution is 2.27. The van der Waals surface area contributed by atoms with Gasteiger partial charge in [-0.15, -0.1) is 0 Å². The van der Waals surface area contributed by atoms with Gasteiger partial charge in [-0.05, 0) is 60.9 Å². The predicted molar refractivity (Wildman–Crippen MR) is 115 cm³/mol. The summed E-state index contributed by atoms with van der Waals surface area (Å²) in [6.07, 6.45) is 1.69. The van der Waals surface area contributed by atoms with E-state index in [1.54, 1.807) is 10.8 Å². The van der Waals surface area contributed by atoms with Gasteiger partial charge < -0.3 is 5.73 Å². The van der Waals surface area contributed by atoms with Crippen LogP contribution in [0.3, 0.4) is 0 Å². The summed E-state index contributed by atoms with van der Waals surface area (Å²) in [4.78, 5) is 22.2. The zero-order valence-electron chi connectivity index (χ0n) is 15.7. The molecule has 2 aromatic heterocycles. The second-order valence-corrected chi connectivity index (χ2v) is 7.59. The molecule has 0 aliphatic heterocycles. The molecule has 4 rings (SSSR count). The van der Waals surface area contributed by atoms with Gasteiger partial charge in [0.2, 0.25) is 0 Å². The molecule has 4 aromatic rings. The second-order valence-electron chi connectivity index (χ2n) is 6.65. The molecule has 0 radical (unpaired) electrons. The lowest BCUT2D eigenvalue weighted by atomic mass is 10.1. The summed E-state index contributed by atoms with van der Waals surface area (Å²) < 4.78 is 1.72. The second kappa shape index (κ2) is 7.48. The number of aryl methyl sites for hydroxylation is 1. The summed E-state index contributed by atoms with van der Waals surface area (Å²) >= 11 is 1.52. The fourth-order valence-corrected chi connectivity index (χ4v) is 4.08. The standard InChI is InChI=1S/C22H20N4OS/c1-14-6-5-9-19(15(14)2)26-21(27)17-7-3-4-8-18(17)25-22(26)28-13-16-10-11-24-20(23)12-16/h3-12H,13H2,1-2H3,(H2,23,24). The van der Waals surface area contributed by atoms with Crippen LogP contribution in [-0.4, -0.2) is 14.5 Å². The molecular weight excluding hydrogens is 368 g/mol. The van der Waals surface area contributed by atoms with E-state index in [0.29, 0.717) is 27.6 Å². The van der Waals surface area contributed by atoms with Crippen LogP contribution < -0.4 is 11.3 Å². The summed E-state index contributed by atoms with van der Waals surface area (Å²) in [5.74, 6) is 1.12. The van der Waals surface area contributed by atoms with Crippen LogP contribution in [0.25, 0.3) is 16.6 Å². The molecule has 0 atom stereocenters. The minimum Gasteiger partial charge on any atom is -0.384 e. The number of fused-ring (bicyclic) bond motifs is 1. The van der Waals surface area contributed by atoms with Gasteiger partial charge in [0.25, 0.3) is 5.56 Å². The molecule has 0 bridgehead atoms. The number of thioether (sulfide) groups is 1. The summed E-state index contributed by atoms with van der Waals surface area (Å²) in [7, 11) is 0. The van der Waals surface area contributed by atoms with Gasteiger partial charge in [-0.1, -0.05) is 36.0 Å². The molecule has 0 saturated carbocycles. The molecule has 0 unspecified atom stereocenters. The first kappa shape index (κ1) is 18.3. The molecule has 0 amide bonds. The quantitative estimate of drug-likeness (QED) is 0.417. The maximum atomic E-state index is 13.4. The monoisotopic (exact) mass is 388 g/mol. The number of anilines is 1. The average molecular weight is 388 g/mol. The van der Waals surface area contributed by atoms with Crippen molar-refractivity contribution in [3.05, 3.63) is 87.8 Å². The third-order valence-electron chi connectivity index (χ3n) is 4.78. The van der Waals surface area contributed by atoms with Crippen molar-refractivity contribution >= 4 is 28.5 Å². The van der Waals surface area contributed by atoms with Gasteiger partial charge in [0, 0.05) is 11.9 Å². The van der Waals surface area contributed by atoms with Crippen molar-refractivity contribution in [2.24, 2.45) is 0 Å². The van der Waals surface area contributed by atoms with Crippen molar-refractivity contribution in [3.8, 4) is 5.69 Å². The van der Waals surface area contributed by atoms with Gasteiger partial charge >= 0.3 is 0 Å². The number of hydrogen-bond acceptors (Lipinski definition) is 5. The SMILES string of the molecule is Cc1cccc(-n2c(SCc3ccnc(N)c3)nc3ccccc3c2=O)c1C. The number of para-hydroxylation sites is 1. The molecular formula is C22H20N4OS. The van der Waals surface area contributed by atoms with Gasteiger partial charge in [-0.3, -0.25) is 9.36 Å². The minimum absolute atomic E-state index is 0.0592. The zero-order valence-corrected chi connectivity index (χ0v) is 16.5. The third-order valence-corrected chi connectivity index (χ3v) is 5.79. The Kier molecular flexibility index (Phi) is 4.88. The van der Waals surface area contributed by atoms with Gasteiger partial charge in [0.1, 0.15) is 5.82 Å². The average Bonchev–Trinajstić information content (AvgIpc) is 2.69. The Morgan fingerprint density at radius 1 is 1.07 bits per heavy atom. The number of nitrogen functional groups attached to an aromatic ring is 1. The molecule has 2 heterocycles. The number of pyridine rings is 1. The molecule has 6 heteroatoms. The molecule has 0 aliphatic rings. The number of nitrogens with zero attached hydrogens (tertiary/aromatic N) is 3. The van der Waals surface area contributed by atoms with Gasteiger partial charge in [-0.2, -0.15) is 0 Å². The highest BCUT2D eigenvalue weighted by molar-refractivity contribution is 7.98. The van der Waals surface area contributed by atoms with Crippen LogP contribution in [0.2, 0.25) is 0 Å².